The molecule has 2 aromatic heterocycles. The van der Waals surface area contributed by atoms with Crippen LogP contribution >= 0.6 is 0 Å². The van der Waals surface area contributed by atoms with Gasteiger partial charge in [0.1, 0.15) is 30.0 Å². The van der Waals surface area contributed by atoms with E-state index in [1.165, 1.54) is 0 Å². The summed E-state index contributed by atoms with van der Waals surface area (Å²) in [6.45, 7) is 6.41. The summed E-state index contributed by atoms with van der Waals surface area (Å²) in [5, 5.41) is 5.81. The number of nitrogens with zero attached hydrogens (tertiary/aromatic N) is 4. The molecule has 0 saturated carbocycles. The van der Waals surface area contributed by atoms with Crippen molar-refractivity contribution in [1.29, 1.82) is 0 Å². The van der Waals surface area contributed by atoms with E-state index < -0.39 is 5.79 Å². The van der Waals surface area contributed by atoms with Crippen molar-refractivity contribution in [3.8, 4) is 5.75 Å². The summed E-state index contributed by atoms with van der Waals surface area (Å²) in [5.41, 5.74) is 2.07. The van der Waals surface area contributed by atoms with Crippen molar-refractivity contribution in [3.05, 3.63) is 72.1 Å². The van der Waals surface area contributed by atoms with Crippen molar-refractivity contribution in [2.24, 2.45) is 0 Å². The predicted octanol–water partition coefficient (Wildman–Crippen LogP) is 3.57. The summed E-state index contributed by atoms with van der Waals surface area (Å²) in [7, 11) is 0. The van der Waals surface area contributed by atoms with Crippen LogP contribution in [0.3, 0.4) is 0 Å². The Kier molecular flexibility index (Phi) is 6.99. The zero-order chi connectivity index (χ0) is 27.7. The Labute approximate surface area is 232 Å². The van der Waals surface area contributed by atoms with E-state index in [4.69, 9.17) is 14.2 Å². The molecule has 0 radical (unpaired) electrons. The van der Waals surface area contributed by atoms with E-state index in [0.29, 0.717) is 43.7 Å². The molecule has 0 aliphatic carbocycles. The average molecular weight is 545 g/mol. The summed E-state index contributed by atoms with van der Waals surface area (Å²) >= 11 is 0. The van der Waals surface area contributed by atoms with Gasteiger partial charge in [-0.15, -0.1) is 0 Å². The first-order valence-electron chi connectivity index (χ1n) is 13.4. The van der Waals surface area contributed by atoms with Crippen LogP contribution in [-0.4, -0.2) is 66.1 Å². The highest BCUT2D eigenvalue weighted by atomic mass is 16.7. The standard InChI is InChI=1S/C29H32N6O5/c1-29(2)39-18-22(40-29)17-38-21-10-12-30-25(14-21)33-28(37)35-20-11-13-34(16-20)24-9-8-23(32-26(24)35)27(36)31-15-19-6-4-3-5-7-19/h3-10,12,14,20,22H,11,13,15-18H2,1-2H3,(H,31,36)(H,30,33,37)/t20-,22?/m0/s1. The van der Waals surface area contributed by atoms with Crippen LogP contribution in [0.15, 0.2) is 60.8 Å². The van der Waals surface area contributed by atoms with Crippen molar-refractivity contribution in [2.45, 2.75) is 44.7 Å². The summed E-state index contributed by atoms with van der Waals surface area (Å²) in [6, 6.07) is 16.2. The van der Waals surface area contributed by atoms with Crippen LogP contribution in [0.25, 0.3) is 0 Å². The highest BCUT2D eigenvalue weighted by Gasteiger charge is 2.40. The van der Waals surface area contributed by atoms with Gasteiger partial charge in [0.2, 0.25) is 0 Å². The summed E-state index contributed by atoms with van der Waals surface area (Å²) in [5.74, 6) is 0.450. The molecule has 2 N–H and O–H groups in total. The van der Waals surface area contributed by atoms with Crippen LogP contribution in [-0.2, 0) is 16.0 Å². The van der Waals surface area contributed by atoms with Gasteiger partial charge in [0.15, 0.2) is 11.6 Å². The Morgan fingerprint density at radius 2 is 2.00 bits per heavy atom. The Morgan fingerprint density at radius 3 is 2.80 bits per heavy atom. The predicted molar refractivity (Wildman–Crippen MR) is 149 cm³/mol. The van der Waals surface area contributed by atoms with Gasteiger partial charge in [0, 0.05) is 31.9 Å². The molecule has 3 aromatic rings. The Morgan fingerprint density at radius 1 is 1.15 bits per heavy atom. The number of carbonyl (C=O) groups is 2. The van der Waals surface area contributed by atoms with Crippen LogP contribution in [0.5, 0.6) is 5.75 Å². The molecule has 11 nitrogen and oxygen atoms in total. The van der Waals surface area contributed by atoms with E-state index in [1.54, 1.807) is 29.3 Å². The second-order valence-electron chi connectivity index (χ2n) is 10.5. The van der Waals surface area contributed by atoms with Crippen LogP contribution < -0.4 is 25.2 Å². The van der Waals surface area contributed by atoms with Gasteiger partial charge in [-0.05, 0) is 44.0 Å². The lowest BCUT2D eigenvalue weighted by Gasteiger charge is -2.35. The Balaban J connectivity index is 1.15. The number of hydrogen-bond acceptors (Lipinski definition) is 8. The van der Waals surface area contributed by atoms with Gasteiger partial charge in [0.25, 0.3) is 5.91 Å². The third-order valence-corrected chi connectivity index (χ3v) is 7.17. The minimum Gasteiger partial charge on any atom is -0.491 e. The fourth-order valence-electron chi connectivity index (χ4n) is 5.24. The molecule has 5 heterocycles. The van der Waals surface area contributed by atoms with Gasteiger partial charge in [0.05, 0.1) is 18.3 Å². The first-order chi connectivity index (χ1) is 19.3. The van der Waals surface area contributed by atoms with Gasteiger partial charge in [-0.3, -0.25) is 15.0 Å². The van der Waals surface area contributed by atoms with Crippen molar-refractivity contribution in [3.63, 3.8) is 0 Å². The van der Waals surface area contributed by atoms with Gasteiger partial charge < -0.3 is 24.4 Å². The highest BCUT2D eigenvalue weighted by Crippen LogP contribution is 2.39. The fourth-order valence-corrected chi connectivity index (χ4v) is 5.24. The highest BCUT2D eigenvalue weighted by molar-refractivity contribution is 6.05. The van der Waals surface area contributed by atoms with E-state index in [2.05, 4.69) is 25.5 Å². The third-order valence-electron chi connectivity index (χ3n) is 7.17. The number of benzene rings is 1. The molecule has 6 rings (SSSR count). The number of carbonyl (C=O) groups excluding carboxylic acids is 2. The van der Waals surface area contributed by atoms with Crippen LogP contribution in [0, 0.1) is 0 Å². The minimum absolute atomic E-state index is 0.0649. The number of hydrogen-bond donors (Lipinski definition) is 2. The maximum absolute atomic E-state index is 13.6. The van der Waals surface area contributed by atoms with Gasteiger partial charge >= 0.3 is 6.03 Å². The number of anilines is 3. The lowest BCUT2D eigenvalue weighted by atomic mass is 10.1. The fraction of sp³-hybridized carbons (Fsp3) is 0.379. The lowest BCUT2D eigenvalue weighted by Crippen LogP contribution is -2.48. The smallest absolute Gasteiger partial charge is 0.329 e. The summed E-state index contributed by atoms with van der Waals surface area (Å²) in [6.07, 6.45) is 2.20. The molecule has 2 atom stereocenters. The summed E-state index contributed by atoms with van der Waals surface area (Å²) in [4.78, 5) is 39.3. The number of urea groups is 1. The summed E-state index contributed by atoms with van der Waals surface area (Å²) < 4.78 is 17.3. The molecule has 1 aromatic carbocycles. The number of aromatic nitrogens is 2. The van der Waals surface area contributed by atoms with E-state index in [-0.39, 0.29) is 29.8 Å². The molecule has 2 bridgehead atoms. The number of ether oxygens (including phenoxy) is 3. The Bertz CT molecular complexity index is 1400. The van der Waals surface area contributed by atoms with Crippen LogP contribution in [0.4, 0.5) is 22.1 Å². The molecular weight excluding hydrogens is 512 g/mol. The van der Waals surface area contributed by atoms with Crippen molar-refractivity contribution in [2.75, 3.05) is 41.4 Å². The first kappa shape index (κ1) is 26.0. The monoisotopic (exact) mass is 544 g/mol. The van der Waals surface area contributed by atoms with Crippen molar-refractivity contribution >= 4 is 29.3 Å². The lowest BCUT2D eigenvalue weighted by molar-refractivity contribution is -0.141. The SMILES string of the molecule is CC1(C)OCC(COc2ccnc(NC(=O)N3c4nc(C(=O)NCc5ccccc5)ccc4N4CC[C@H]3C4)c2)O1. The van der Waals surface area contributed by atoms with Crippen LogP contribution in [0.2, 0.25) is 0 Å². The maximum Gasteiger partial charge on any atom is 0.329 e. The third kappa shape index (κ3) is 5.56. The van der Waals surface area contributed by atoms with E-state index in [1.807, 2.05) is 50.2 Å². The molecule has 3 aliphatic heterocycles. The van der Waals surface area contributed by atoms with Crippen molar-refractivity contribution in [1.82, 2.24) is 15.3 Å². The van der Waals surface area contributed by atoms with Crippen LogP contribution in [0.1, 0.15) is 36.3 Å². The molecule has 2 fully saturated rings. The molecule has 1 unspecified atom stereocenters. The average Bonchev–Trinajstić information content (AvgIpc) is 3.54. The van der Waals surface area contributed by atoms with E-state index in [0.717, 1.165) is 24.2 Å². The number of rotatable bonds is 7. The number of amides is 3. The zero-order valence-electron chi connectivity index (χ0n) is 22.5. The number of nitrogens with one attached hydrogen (secondary N) is 2. The molecule has 3 aliphatic rings. The zero-order valence-corrected chi connectivity index (χ0v) is 22.5. The molecular formula is C29H32N6O5. The molecule has 208 valence electrons. The molecule has 40 heavy (non-hydrogen) atoms. The molecule has 0 spiro atoms. The normalized spacial score (nSPS) is 20.6. The van der Waals surface area contributed by atoms with Gasteiger partial charge in [-0.1, -0.05) is 30.3 Å². The maximum atomic E-state index is 13.6. The van der Waals surface area contributed by atoms with E-state index in [9.17, 15) is 9.59 Å². The molecule has 11 heteroatoms. The molecule has 2 saturated heterocycles. The van der Waals surface area contributed by atoms with Gasteiger partial charge in [-0.25, -0.2) is 14.8 Å². The molecule has 3 amide bonds. The van der Waals surface area contributed by atoms with Crippen molar-refractivity contribution < 1.29 is 23.8 Å². The second-order valence-corrected chi connectivity index (χ2v) is 10.5. The Hall–Kier alpha value is -4.22. The minimum atomic E-state index is -0.623. The first-order valence-corrected chi connectivity index (χ1v) is 13.4. The second kappa shape index (κ2) is 10.7. The number of pyridine rings is 2. The van der Waals surface area contributed by atoms with Gasteiger partial charge in [-0.2, -0.15) is 0 Å². The quantitative estimate of drug-likeness (QED) is 0.464. The largest absolute Gasteiger partial charge is 0.491 e. The van der Waals surface area contributed by atoms with E-state index >= 15 is 0 Å². The number of fused-ring (bicyclic) bond motifs is 4. The topological polar surface area (TPSA) is 118 Å².